The molecule has 1 aromatic heterocycles. The lowest BCUT2D eigenvalue weighted by molar-refractivity contribution is -0.135. The molecule has 23 heavy (non-hydrogen) atoms. The van der Waals surface area contributed by atoms with Crippen molar-refractivity contribution in [3.05, 3.63) is 59.9 Å². The third-order valence-electron chi connectivity index (χ3n) is 3.89. The van der Waals surface area contributed by atoms with Crippen molar-refractivity contribution in [2.75, 3.05) is 11.4 Å². The highest BCUT2D eigenvalue weighted by atomic mass is 16.3. The fraction of sp³-hybridized carbons (Fsp3) is 0.167. The highest BCUT2D eigenvalue weighted by Crippen LogP contribution is 2.42. The van der Waals surface area contributed by atoms with Crippen molar-refractivity contribution in [1.29, 1.82) is 0 Å². The molecule has 2 heterocycles. The van der Waals surface area contributed by atoms with E-state index in [-0.39, 0.29) is 18.7 Å². The van der Waals surface area contributed by atoms with Crippen LogP contribution in [0.15, 0.2) is 48.8 Å². The van der Waals surface area contributed by atoms with Crippen LogP contribution in [0.25, 0.3) is 0 Å². The molecule has 1 amide bonds. The van der Waals surface area contributed by atoms with E-state index in [0.717, 1.165) is 0 Å². The number of aliphatic hydroxyl groups is 1. The fourth-order valence-corrected chi connectivity index (χ4v) is 2.79. The molecule has 0 fully saturated rings. The lowest BCUT2D eigenvalue weighted by Crippen LogP contribution is -2.42. The van der Waals surface area contributed by atoms with Gasteiger partial charge in [-0.25, -0.2) is 0 Å². The van der Waals surface area contributed by atoms with Gasteiger partial charge in [0.15, 0.2) is 11.4 Å². The van der Waals surface area contributed by atoms with Gasteiger partial charge in [-0.1, -0.05) is 24.1 Å². The molecule has 5 nitrogen and oxygen atoms in total. The number of aromatic nitrogens is 1. The number of terminal acetylenes is 1. The van der Waals surface area contributed by atoms with Gasteiger partial charge >= 0.3 is 0 Å². The number of para-hydroxylation sites is 1. The van der Waals surface area contributed by atoms with Gasteiger partial charge in [-0.05, 0) is 18.2 Å². The topological polar surface area (TPSA) is 70.5 Å². The lowest BCUT2D eigenvalue weighted by Gasteiger charge is -2.21. The summed E-state index contributed by atoms with van der Waals surface area (Å²) in [4.78, 5) is 30.3. The maximum atomic E-state index is 12.7. The number of hydrogen-bond acceptors (Lipinski definition) is 4. The van der Waals surface area contributed by atoms with Crippen LogP contribution in [0.1, 0.15) is 22.3 Å². The van der Waals surface area contributed by atoms with Gasteiger partial charge in [0.25, 0.3) is 5.91 Å². The number of pyridine rings is 1. The Morgan fingerprint density at radius 3 is 2.78 bits per heavy atom. The van der Waals surface area contributed by atoms with E-state index in [2.05, 4.69) is 10.9 Å². The van der Waals surface area contributed by atoms with Crippen molar-refractivity contribution < 1.29 is 14.7 Å². The lowest BCUT2D eigenvalue weighted by atomic mass is 9.88. The van der Waals surface area contributed by atoms with E-state index in [9.17, 15) is 14.7 Å². The number of benzene rings is 1. The molecule has 0 unspecified atom stereocenters. The molecule has 0 bridgehead atoms. The van der Waals surface area contributed by atoms with E-state index in [1.54, 1.807) is 42.6 Å². The molecule has 1 aliphatic heterocycles. The average molecular weight is 306 g/mol. The third kappa shape index (κ3) is 2.39. The monoisotopic (exact) mass is 306 g/mol. The number of anilines is 1. The number of amides is 1. The van der Waals surface area contributed by atoms with Gasteiger partial charge in [0.05, 0.1) is 18.7 Å². The van der Waals surface area contributed by atoms with Crippen LogP contribution in [0.3, 0.4) is 0 Å². The molecule has 1 aliphatic rings. The van der Waals surface area contributed by atoms with Crippen LogP contribution in [0.5, 0.6) is 0 Å². The predicted octanol–water partition coefficient (Wildman–Crippen LogP) is 1.52. The van der Waals surface area contributed by atoms with Crippen molar-refractivity contribution in [1.82, 2.24) is 4.98 Å². The molecule has 0 spiro atoms. The van der Waals surface area contributed by atoms with Crippen LogP contribution < -0.4 is 4.90 Å². The Balaban J connectivity index is 1.99. The standard InChI is InChI=1S/C18H14N2O3/c1-2-10-20-15-8-4-3-7-14(15)18(23,17(20)22)11-16(21)13-6-5-9-19-12-13/h1,3-9,12,23H,10-11H2/t18-/m0/s1. The number of Topliss-reactive ketones (excluding diaryl/α,β-unsaturated/α-hetero) is 1. The molecule has 1 aromatic carbocycles. The number of rotatable bonds is 4. The number of ketones is 1. The first-order valence-corrected chi connectivity index (χ1v) is 7.08. The summed E-state index contributed by atoms with van der Waals surface area (Å²) in [6, 6.07) is 10.0. The Morgan fingerprint density at radius 2 is 2.09 bits per heavy atom. The minimum Gasteiger partial charge on any atom is -0.375 e. The minimum absolute atomic E-state index is 0.0409. The summed E-state index contributed by atoms with van der Waals surface area (Å²) in [6.07, 6.45) is 7.92. The normalized spacial score (nSPS) is 19.3. The van der Waals surface area contributed by atoms with Gasteiger partial charge in [0, 0.05) is 23.5 Å². The van der Waals surface area contributed by atoms with Gasteiger partial charge in [0.2, 0.25) is 0 Å². The Labute approximate surface area is 133 Å². The fourth-order valence-electron chi connectivity index (χ4n) is 2.79. The molecule has 114 valence electrons. The molecule has 3 rings (SSSR count). The van der Waals surface area contributed by atoms with Gasteiger partial charge in [-0.3, -0.25) is 19.5 Å². The Bertz CT molecular complexity index is 811. The van der Waals surface area contributed by atoms with Gasteiger partial charge in [0.1, 0.15) is 0 Å². The second kappa shape index (κ2) is 5.67. The smallest absolute Gasteiger partial charge is 0.265 e. The van der Waals surface area contributed by atoms with E-state index in [4.69, 9.17) is 6.42 Å². The summed E-state index contributed by atoms with van der Waals surface area (Å²) in [6.45, 7) is 0.0409. The van der Waals surface area contributed by atoms with E-state index in [1.165, 1.54) is 11.1 Å². The zero-order valence-corrected chi connectivity index (χ0v) is 12.3. The Morgan fingerprint density at radius 1 is 1.30 bits per heavy atom. The van der Waals surface area contributed by atoms with Crippen molar-refractivity contribution in [3.63, 3.8) is 0 Å². The molecule has 2 aromatic rings. The summed E-state index contributed by atoms with van der Waals surface area (Å²) in [5.74, 6) is 1.47. The first-order chi connectivity index (χ1) is 11.1. The number of carbonyl (C=O) groups is 2. The van der Waals surface area contributed by atoms with Crippen molar-refractivity contribution >= 4 is 17.4 Å². The van der Waals surface area contributed by atoms with Crippen LogP contribution in [-0.2, 0) is 10.4 Å². The predicted molar refractivity (Wildman–Crippen MR) is 84.7 cm³/mol. The number of carbonyl (C=O) groups excluding carboxylic acids is 2. The molecule has 0 saturated heterocycles. The van der Waals surface area contributed by atoms with Gasteiger partial charge in [-0.15, -0.1) is 6.42 Å². The van der Waals surface area contributed by atoms with E-state index in [1.807, 2.05) is 0 Å². The van der Waals surface area contributed by atoms with Crippen LogP contribution in [0.2, 0.25) is 0 Å². The maximum absolute atomic E-state index is 12.7. The molecule has 5 heteroatoms. The summed E-state index contributed by atoms with van der Waals surface area (Å²) in [5, 5.41) is 10.9. The average Bonchev–Trinajstić information content (AvgIpc) is 2.78. The van der Waals surface area contributed by atoms with Crippen LogP contribution in [0, 0.1) is 12.3 Å². The second-order valence-electron chi connectivity index (χ2n) is 5.31. The van der Waals surface area contributed by atoms with Gasteiger partial charge < -0.3 is 5.11 Å². The molecule has 0 aliphatic carbocycles. The summed E-state index contributed by atoms with van der Waals surface area (Å²) >= 11 is 0. The molecular weight excluding hydrogens is 292 g/mol. The van der Waals surface area contributed by atoms with E-state index in [0.29, 0.717) is 16.8 Å². The number of nitrogens with zero attached hydrogens (tertiary/aromatic N) is 2. The highest BCUT2D eigenvalue weighted by molar-refractivity contribution is 6.10. The molecule has 0 radical (unpaired) electrons. The van der Waals surface area contributed by atoms with Crippen molar-refractivity contribution in [2.45, 2.75) is 12.0 Å². The molecule has 0 saturated carbocycles. The number of fused-ring (bicyclic) bond motifs is 1. The molecule has 1 N–H and O–H groups in total. The highest BCUT2D eigenvalue weighted by Gasteiger charge is 2.50. The third-order valence-corrected chi connectivity index (χ3v) is 3.89. The molecule has 1 atom stereocenters. The summed E-state index contributed by atoms with van der Waals surface area (Å²) in [5.41, 5.74) is -0.614. The quantitative estimate of drug-likeness (QED) is 0.687. The Kier molecular flexibility index (Phi) is 3.68. The maximum Gasteiger partial charge on any atom is 0.265 e. The van der Waals surface area contributed by atoms with E-state index < -0.39 is 11.5 Å². The SMILES string of the molecule is C#CCN1C(=O)[C@](O)(CC(=O)c2cccnc2)c2ccccc21. The zero-order valence-electron chi connectivity index (χ0n) is 12.3. The van der Waals surface area contributed by atoms with Crippen LogP contribution >= 0.6 is 0 Å². The first kappa shape index (κ1) is 14.9. The second-order valence-corrected chi connectivity index (χ2v) is 5.31. The minimum atomic E-state index is -1.90. The summed E-state index contributed by atoms with van der Waals surface area (Å²) < 4.78 is 0. The first-order valence-electron chi connectivity index (χ1n) is 7.08. The summed E-state index contributed by atoms with van der Waals surface area (Å²) in [7, 11) is 0. The van der Waals surface area contributed by atoms with Crippen LogP contribution in [-0.4, -0.2) is 28.3 Å². The van der Waals surface area contributed by atoms with Crippen molar-refractivity contribution in [2.24, 2.45) is 0 Å². The molecular formula is C18H14N2O3. The zero-order chi connectivity index (χ0) is 16.4. The number of hydrogen-bond donors (Lipinski definition) is 1. The van der Waals surface area contributed by atoms with Crippen molar-refractivity contribution in [3.8, 4) is 12.3 Å². The van der Waals surface area contributed by atoms with Crippen LogP contribution in [0.4, 0.5) is 5.69 Å². The Hall–Kier alpha value is -2.97. The largest absolute Gasteiger partial charge is 0.375 e. The van der Waals surface area contributed by atoms with E-state index >= 15 is 0 Å². The van der Waals surface area contributed by atoms with Gasteiger partial charge in [-0.2, -0.15) is 0 Å².